The summed E-state index contributed by atoms with van der Waals surface area (Å²) in [6.45, 7) is 0. The summed E-state index contributed by atoms with van der Waals surface area (Å²) in [4.78, 5) is 22.0. The maximum Gasteiger partial charge on any atom is 0.317 e. The minimum absolute atomic E-state index is 0.206. The van der Waals surface area contributed by atoms with E-state index in [1.165, 1.54) is 0 Å². The predicted octanol–water partition coefficient (Wildman–Crippen LogP) is 2.18. The van der Waals surface area contributed by atoms with Crippen LogP contribution >= 0.6 is 0 Å². The molecule has 0 amide bonds. The lowest BCUT2D eigenvalue weighted by atomic mass is 10.0. The SMILES string of the molecule is O=C1C[C@@H](C/C=C\c2ccccc2)C(=O)O1. The molecular formula is C13H12O3. The Morgan fingerprint density at radius 1 is 1.25 bits per heavy atom. The van der Waals surface area contributed by atoms with E-state index >= 15 is 0 Å². The minimum atomic E-state index is -0.414. The maximum absolute atomic E-state index is 11.2. The van der Waals surface area contributed by atoms with Crippen molar-refractivity contribution in [2.75, 3.05) is 0 Å². The number of carbonyl (C=O) groups excluding carboxylic acids is 2. The molecule has 0 unspecified atom stereocenters. The Bertz CT molecular complexity index is 420. The highest BCUT2D eigenvalue weighted by molar-refractivity contribution is 5.94. The molecule has 1 aliphatic heterocycles. The predicted molar refractivity (Wildman–Crippen MR) is 59.3 cm³/mol. The van der Waals surface area contributed by atoms with Crippen molar-refractivity contribution in [2.45, 2.75) is 12.8 Å². The lowest BCUT2D eigenvalue weighted by Gasteiger charge is -1.98. The summed E-state index contributed by atoms with van der Waals surface area (Å²) in [6.07, 6.45) is 4.60. The van der Waals surface area contributed by atoms with Gasteiger partial charge in [0.25, 0.3) is 0 Å². The van der Waals surface area contributed by atoms with Crippen molar-refractivity contribution >= 4 is 18.0 Å². The zero-order chi connectivity index (χ0) is 11.4. The molecular weight excluding hydrogens is 204 g/mol. The Balaban J connectivity index is 1.90. The second-order valence-corrected chi connectivity index (χ2v) is 3.74. The number of hydrogen-bond acceptors (Lipinski definition) is 3. The molecule has 3 heteroatoms. The number of carbonyl (C=O) groups is 2. The molecule has 1 aliphatic rings. The van der Waals surface area contributed by atoms with Crippen LogP contribution in [0.3, 0.4) is 0 Å². The second kappa shape index (κ2) is 4.75. The first-order valence-corrected chi connectivity index (χ1v) is 5.22. The van der Waals surface area contributed by atoms with Crippen molar-refractivity contribution in [1.29, 1.82) is 0 Å². The van der Waals surface area contributed by atoms with Gasteiger partial charge in [0.15, 0.2) is 0 Å². The third-order valence-electron chi connectivity index (χ3n) is 2.49. The van der Waals surface area contributed by atoms with Gasteiger partial charge in [0.05, 0.1) is 12.3 Å². The van der Waals surface area contributed by atoms with Gasteiger partial charge < -0.3 is 4.74 Å². The summed E-state index contributed by atoms with van der Waals surface area (Å²) in [6, 6.07) is 9.81. The Kier molecular flexibility index (Phi) is 3.15. The van der Waals surface area contributed by atoms with E-state index in [1.807, 2.05) is 42.5 Å². The fourth-order valence-electron chi connectivity index (χ4n) is 1.63. The van der Waals surface area contributed by atoms with Gasteiger partial charge >= 0.3 is 11.9 Å². The van der Waals surface area contributed by atoms with E-state index in [4.69, 9.17) is 0 Å². The summed E-state index contributed by atoms with van der Waals surface area (Å²) in [5, 5.41) is 0. The monoisotopic (exact) mass is 216 g/mol. The quantitative estimate of drug-likeness (QED) is 0.574. The highest BCUT2D eigenvalue weighted by Crippen LogP contribution is 2.20. The molecule has 1 saturated heterocycles. The molecule has 1 atom stereocenters. The summed E-state index contributed by atoms with van der Waals surface area (Å²) in [5.41, 5.74) is 1.08. The average molecular weight is 216 g/mol. The third-order valence-corrected chi connectivity index (χ3v) is 2.49. The average Bonchev–Trinajstić information content (AvgIpc) is 2.59. The summed E-state index contributed by atoms with van der Waals surface area (Å²) < 4.78 is 4.46. The molecule has 0 N–H and O–H groups in total. The molecule has 0 aromatic heterocycles. The van der Waals surface area contributed by atoms with E-state index in [1.54, 1.807) is 0 Å². The van der Waals surface area contributed by atoms with Gasteiger partial charge in [0.1, 0.15) is 0 Å². The van der Waals surface area contributed by atoms with Crippen molar-refractivity contribution in [3.8, 4) is 0 Å². The smallest absolute Gasteiger partial charge is 0.317 e. The van der Waals surface area contributed by atoms with Crippen molar-refractivity contribution in [2.24, 2.45) is 5.92 Å². The molecule has 1 heterocycles. The zero-order valence-electron chi connectivity index (χ0n) is 8.76. The van der Waals surface area contributed by atoms with E-state index < -0.39 is 11.9 Å². The normalized spacial score (nSPS) is 20.4. The van der Waals surface area contributed by atoms with Crippen LogP contribution in [0, 0.1) is 5.92 Å². The minimum Gasteiger partial charge on any atom is -0.393 e. The van der Waals surface area contributed by atoms with E-state index in [9.17, 15) is 9.59 Å². The molecule has 0 radical (unpaired) electrons. The lowest BCUT2D eigenvalue weighted by molar-refractivity contribution is -0.153. The fraction of sp³-hybridized carbons (Fsp3) is 0.231. The highest BCUT2D eigenvalue weighted by Gasteiger charge is 2.31. The topological polar surface area (TPSA) is 43.4 Å². The van der Waals surface area contributed by atoms with Crippen LogP contribution in [0.5, 0.6) is 0 Å². The van der Waals surface area contributed by atoms with E-state index in [-0.39, 0.29) is 12.3 Å². The first-order valence-electron chi connectivity index (χ1n) is 5.22. The Hall–Kier alpha value is -1.90. The van der Waals surface area contributed by atoms with Gasteiger partial charge in [-0.15, -0.1) is 0 Å². The van der Waals surface area contributed by atoms with Crippen LogP contribution in [0.15, 0.2) is 36.4 Å². The second-order valence-electron chi connectivity index (χ2n) is 3.74. The highest BCUT2D eigenvalue weighted by atomic mass is 16.6. The largest absolute Gasteiger partial charge is 0.393 e. The molecule has 0 bridgehead atoms. The number of esters is 2. The molecule has 3 nitrogen and oxygen atoms in total. The number of allylic oxidation sites excluding steroid dienone is 1. The van der Waals surface area contributed by atoms with Gasteiger partial charge in [0, 0.05) is 0 Å². The van der Waals surface area contributed by atoms with Crippen molar-refractivity contribution in [3.63, 3.8) is 0 Å². The van der Waals surface area contributed by atoms with Crippen molar-refractivity contribution in [1.82, 2.24) is 0 Å². The molecule has 1 aromatic rings. The summed E-state index contributed by atoms with van der Waals surface area (Å²) in [5.74, 6) is -1.11. The summed E-state index contributed by atoms with van der Waals surface area (Å²) in [7, 11) is 0. The third kappa shape index (κ3) is 2.57. The molecule has 0 aliphatic carbocycles. The molecule has 2 rings (SSSR count). The molecule has 1 fully saturated rings. The number of cyclic esters (lactones) is 2. The summed E-state index contributed by atoms with van der Waals surface area (Å²) >= 11 is 0. The molecule has 0 spiro atoms. The number of hydrogen-bond donors (Lipinski definition) is 0. The van der Waals surface area contributed by atoms with Crippen LogP contribution in [0.1, 0.15) is 18.4 Å². The zero-order valence-corrected chi connectivity index (χ0v) is 8.76. The molecule has 16 heavy (non-hydrogen) atoms. The van der Waals surface area contributed by atoms with Crippen molar-refractivity contribution in [3.05, 3.63) is 42.0 Å². The number of ether oxygens (including phenoxy) is 1. The Morgan fingerprint density at radius 3 is 2.62 bits per heavy atom. The van der Waals surface area contributed by atoms with Crippen LogP contribution < -0.4 is 0 Å². The van der Waals surface area contributed by atoms with Crippen molar-refractivity contribution < 1.29 is 14.3 Å². The van der Waals surface area contributed by atoms with Crippen LogP contribution in [-0.4, -0.2) is 11.9 Å². The first kappa shape index (κ1) is 10.6. The lowest BCUT2D eigenvalue weighted by Crippen LogP contribution is -2.05. The van der Waals surface area contributed by atoms with Gasteiger partial charge in [-0.2, -0.15) is 0 Å². The molecule has 0 saturated carbocycles. The van der Waals surface area contributed by atoms with Gasteiger partial charge in [-0.05, 0) is 12.0 Å². The molecule has 82 valence electrons. The van der Waals surface area contributed by atoms with Gasteiger partial charge in [0.2, 0.25) is 0 Å². The van der Waals surface area contributed by atoms with Crippen LogP contribution in [0.4, 0.5) is 0 Å². The number of rotatable bonds is 3. The van der Waals surface area contributed by atoms with E-state index in [2.05, 4.69) is 4.74 Å². The Morgan fingerprint density at radius 2 is 2.00 bits per heavy atom. The van der Waals surface area contributed by atoms with Gasteiger partial charge in [-0.1, -0.05) is 42.5 Å². The van der Waals surface area contributed by atoms with Crippen LogP contribution in [0.25, 0.3) is 6.08 Å². The Labute approximate surface area is 93.7 Å². The van der Waals surface area contributed by atoms with Crippen LogP contribution in [-0.2, 0) is 14.3 Å². The number of benzene rings is 1. The van der Waals surface area contributed by atoms with Gasteiger partial charge in [-0.25, -0.2) is 0 Å². The maximum atomic E-state index is 11.2. The van der Waals surface area contributed by atoms with E-state index in [0.29, 0.717) is 6.42 Å². The van der Waals surface area contributed by atoms with Gasteiger partial charge in [-0.3, -0.25) is 9.59 Å². The van der Waals surface area contributed by atoms with E-state index in [0.717, 1.165) is 5.56 Å². The standard InChI is InChI=1S/C13H12O3/c14-12-9-11(13(15)16-12)8-4-7-10-5-2-1-3-6-10/h1-7,11H,8-9H2/b7-4-/t11-/m1/s1. The first-order chi connectivity index (χ1) is 7.75. The molecule has 1 aromatic carbocycles. The van der Waals surface area contributed by atoms with Crippen LogP contribution in [0.2, 0.25) is 0 Å². The fourth-order valence-corrected chi connectivity index (χ4v) is 1.63.